The number of hydrogen-bond donors (Lipinski definition) is 3. The van der Waals surface area contributed by atoms with Crippen LogP contribution in [-0.2, 0) is 4.79 Å². The Morgan fingerprint density at radius 1 is 1.53 bits per heavy atom. The topological polar surface area (TPSA) is 86.8 Å². The Bertz CT molecular complexity index is 220. The minimum Gasteiger partial charge on any atom is -0.394 e. The lowest BCUT2D eigenvalue weighted by Gasteiger charge is -2.44. The van der Waals surface area contributed by atoms with Gasteiger partial charge >= 0.3 is 0 Å². The van der Waals surface area contributed by atoms with E-state index in [0.717, 1.165) is 6.42 Å². The molecule has 0 aromatic carbocycles. The standard InChI is InChI=1S/C10H20N2O3/c1-2-10(6-13,7-14)12-5-3-4-8(11)9(12)15/h8,13-14H,2-7,11H2,1H3. The number of aliphatic hydroxyl groups is 2. The van der Waals surface area contributed by atoms with Crippen molar-refractivity contribution in [3.05, 3.63) is 0 Å². The van der Waals surface area contributed by atoms with Crippen LogP contribution in [0.2, 0.25) is 0 Å². The number of carbonyl (C=O) groups excluding carboxylic acids is 1. The number of piperidine rings is 1. The second-order valence-corrected chi connectivity index (χ2v) is 4.13. The van der Waals surface area contributed by atoms with Gasteiger partial charge in [-0.2, -0.15) is 0 Å². The average Bonchev–Trinajstić information content (AvgIpc) is 2.27. The molecule has 5 nitrogen and oxygen atoms in total. The van der Waals surface area contributed by atoms with Crippen LogP contribution in [-0.4, -0.2) is 52.4 Å². The number of carbonyl (C=O) groups is 1. The highest BCUT2D eigenvalue weighted by Crippen LogP contribution is 2.24. The van der Waals surface area contributed by atoms with Gasteiger partial charge in [0.15, 0.2) is 0 Å². The Hall–Kier alpha value is -0.650. The number of amides is 1. The lowest BCUT2D eigenvalue weighted by atomic mass is 9.91. The molecule has 1 amide bonds. The first-order chi connectivity index (χ1) is 7.11. The summed E-state index contributed by atoms with van der Waals surface area (Å²) in [5, 5.41) is 18.7. The monoisotopic (exact) mass is 216 g/mol. The molecule has 1 saturated heterocycles. The van der Waals surface area contributed by atoms with Crippen molar-refractivity contribution in [2.24, 2.45) is 5.73 Å². The van der Waals surface area contributed by atoms with Gasteiger partial charge in [-0.05, 0) is 19.3 Å². The highest BCUT2D eigenvalue weighted by atomic mass is 16.3. The van der Waals surface area contributed by atoms with E-state index in [4.69, 9.17) is 5.73 Å². The minimum atomic E-state index is -0.838. The van der Waals surface area contributed by atoms with Crippen LogP contribution >= 0.6 is 0 Å². The summed E-state index contributed by atoms with van der Waals surface area (Å²) in [7, 11) is 0. The quantitative estimate of drug-likeness (QED) is 0.566. The van der Waals surface area contributed by atoms with Gasteiger partial charge in [0.1, 0.15) is 0 Å². The molecule has 1 aliphatic heterocycles. The summed E-state index contributed by atoms with van der Waals surface area (Å²) < 4.78 is 0. The van der Waals surface area contributed by atoms with Crippen molar-refractivity contribution in [1.29, 1.82) is 0 Å². The first kappa shape index (κ1) is 12.4. The van der Waals surface area contributed by atoms with Gasteiger partial charge in [-0.1, -0.05) is 6.92 Å². The first-order valence-corrected chi connectivity index (χ1v) is 5.40. The zero-order valence-electron chi connectivity index (χ0n) is 9.15. The fourth-order valence-corrected chi connectivity index (χ4v) is 2.01. The smallest absolute Gasteiger partial charge is 0.240 e. The molecule has 1 unspecified atom stereocenters. The zero-order valence-corrected chi connectivity index (χ0v) is 9.15. The Morgan fingerprint density at radius 2 is 2.13 bits per heavy atom. The normalized spacial score (nSPS) is 23.3. The number of nitrogens with two attached hydrogens (primary N) is 1. The summed E-state index contributed by atoms with van der Waals surface area (Å²) in [5.74, 6) is -0.161. The molecule has 1 atom stereocenters. The van der Waals surface area contributed by atoms with Crippen LogP contribution in [0.1, 0.15) is 26.2 Å². The molecule has 1 aliphatic rings. The van der Waals surface area contributed by atoms with Crippen molar-refractivity contribution < 1.29 is 15.0 Å². The molecule has 15 heavy (non-hydrogen) atoms. The van der Waals surface area contributed by atoms with Gasteiger partial charge < -0.3 is 20.8 Å². The van der Waals surface area contributed by atoms with E-state index in [-0.39, 0.29) is 19.1 Å². The molecule has 1 fully saturated rings. The fraction of sp³-hybridized carbons (Fsp3) is 0.900. The van der Waals surface area contributed by atoms with E-state index in [0.29, 0.717) is 19.4 Å². The van der Waals surface area contributed by atoms with Gasteiger partial charge in [0.2, 0.25) is 5.91 Å². The maximum Gasteiger partial charge on any atom is 0.240 e. The van der Waals surface area contributed by atoms with E-state index in [1.807, 2.05) is 6.92 Å². The van der Waals surface area contributed by atoms with Gasteiger partial charge in [-0.25, -0.2) is 0 Å². The van der Waals surface area contributed by atoms with Crippen LogP contribution in [0.25, 0.3) is 0 Å². The Morgan fingerprint density at radius 3 is 2.60 bits per heavy atom. The number of aliphatic hydroxyl groups excluding tert-OH is 2. The summed E-state index contributed by atoms with van der Waals surface area (Å²) in [6, 6.07) is -0.484. The van der Waals surface area contributed by atoms with Crippen molar-refractivity contribution in [3.8, 4) is 0 Å². The third kappa shape index (κ3) is 2.14. The third-order valence-corrected chi connectivity index (χ3v) is 3.30. The molecule has 0 saturated carbocycles. The number of rotatable bonds is 4. The van der Waals surface area contributed by atoms with Gasteiger partial charge in [-0.15, -0.1) is 0 Å². The lowest BCUT2D eigenvalue weighted by Crippen LogP contribution is -2.62. The van der Waals surface area contributed by atoms with E-state index >= 15 is 0 Å². The molecule has 0 aromatic rings. The molecule has 88 valence electrons. The second-order valence-electron chi connectivity index (χ2n) is 4.13. The number of hydrogen-bond acceptors (Lipinski definition) is 4. The second kappa shape index (κ2) is 4.92. The molecule has 0 radical (unpaired) electrons. The predicted octanol–water partition coefficient (Wildman–Crippen LogP) is -0.930. The number of likely N-dealkylation sites (tertiary alicyclic amines) is 1. The van der Waals surface area contributed by atoms with Crippen molar-refractivity contribution in [3.63, 3.8) is 0 Å². The minimum absolute atomic E-state index is 0.161. The van der Waals surface area contributed by atoms with Gasteiger partial charge in [-0.3, -0.25) is 4.79 Å². The molecule has 0 spiro atoms. The van der Waals surface area contributed by atoms with Crippen molar-refractivity contribution >= 4 is 5.91 Å². The summed E-state index contributed by atoms with van der Waals surface area (Å²) in [6.07, 6.45) is 2.04. The van der Waals surface area contributed by atoms with Crippen molar-refractivity contribution in [2.45, 2.75) is 37.8 Å². The van der Waals surface area contributed by atoms with Crippen LogP contribution in [0.15, 0.2) is 0 Å². The Balaban J connectivity index is 2.87. The highest BCUT2D eigenvalue weighted by molar-refractivity contribution is 5.83. The van der Waals surface area contributed by atoms with Crippen LogP contribution in [0.3, 0.4) is 0 Å². The van der Waals surface area contributed by atoms with Crippen molar-refractivity contribution in [1.82, 2.24) is 4.90 Å². The molecule has 0 bridgehead atoms. The molecule has 0 aromatic heterocycles. The largest absolute Gasteiger partial charge is 0.394 e. The molecule has 5 heteroatoms. The predicted molar refractivity (Wildman–Crippen MR) is 56.1 cm³/mol. The van der Waals surface area contributed by atoms with Gasteiger partial charge in [0.05, 0.1) is 24.8 Å². The van der Waals surface area contributed by atoms with E-state index in [1.54, 1.807) is 4.90 Å². The summed E-state index contributed by atoms with van der Waals surface area (Å²) >= 11 is 0. The molecular formula is C10H20N2O3. The van der Waals surface area contributed by atoms with Crippen LogP contribution in [0.4, 0.5) is 0 Å². The van der Waals surface area contributed by atoms with Gasteiger partial charge in [0, 0.05) is 6.54 Å². The van der Waals surface area contributed by atoms with Crippen LogP contribution in [0, 0.1) is 0 Å². The van der Waals surface area contributed by atoms with Gasteiger partial charge in [0.25, 0.3) is 0 Å². The van der Waals surface area contributed by atoms with E-state index < -0.39 is 11.6 Å². The SMILES string of the molecule is CCC(CO)(CO)N1CCCC(N)C1=O. The summed E-state index contributed by atoms with van der Waals surface area (Å²) in [6.45, 7) is 1.97. The Kier molecular flexibility index (Phi) is 4.07. The Labute approximate surface area is 89.9 Å². The van der Waals surface area contributed by atoms with Crippen molar-refractivity contribution in [2.75, 3.05) is 19.8 Å². The summed E-state index contributed by atoms with van der Waals surface area (Å²) in [5.41, 5.74) is 4.84. The third-order valence-electron chi connectivity index (χ3n) is 3.30. The molecular weight excluding hydrogens is 196 g/mol. The molecule has 4 N–H and O–H groups in total. The van der Waals surface area contributed by atoms with E-state index in [2.05, 4.69) is 0 Å². The molecule has 1 rings (SSSR count). The van der Waals surface area contributed by atoms with Crippen LogP contribution < -0.4 is 5.73 Å². The van der Waals surface area contributed by atoms with E-state index in [9.17, 15) is 15.0 Å². The molecule has 1 heterocycles. The number of nitrogens with zero attached hydrogens (tertiary/aromatic N) is 1. The lowest BCUT2D eigenvalue weighted by molar-refractivity contribution is -0.147. The maximum atomic E-state index is 11.8. The van der Waals surface area contributed by atoms with E-state index in [1.165, 1.54) is 0 Å². The maximum absolute atomic E-state index is 11.8. The summed E-state index contributed by atoms with van der Waals surface area (Å²) in [4.78, 5) is 13.4. The zero-order chi connectivity index (χ0) is 11.5. The fourth-order valence-electron chi connectivity index (χ4n) is 2.01. The highest BCUT2D eigenvalue weighted by Gasteiger charge is 2.40. The first-order valence-electron chi connectivity index (χ1n) is 5.40. The average molecular weight is 216 g/mol. The van der Waals surface area contributed by atoms with Crippen LogP contribution in [0.5, 0.6) is 0 Å². The molecule has 0 aliphatic carbocycles.